The molecule has 0 fully saturated rings. The van der Waals surface area contributed by atoms with Gasteiger partial charge in [-0.15, -0.1) is 0 Å². The van der Waals surface area contributed by atoms with Gasteiger partial charge in [0, 0.05) is 6.54 Å². The number of sulfonamides is 1. The Morgan fingerprint density at radius 2 is 1.52 bits per heavy atom. The van der Waals surface area contributed by atoms with E-state index in [2.05, 4.69) is 13.1 Å². The largest absolute Gasteiger partial charge is 0.267 e. The Labute approximate surface area is 148 Å². The molecular weight excluding hydrogens is 394 g/mol. The maximum absolute atomic E-state index is 12.2. The maximum Gasteiger partial charge on any atom is 0.264 e. The van der Waals surface area contributed by atoms with E-state index in [0.29, 0.717) is 0 Å². The predicted octanol–water partition coefficient (Wildman–Crippen LogP) is -0.152. The molecule has 9 nitrogen and oxygen atoms in total. The van der Waals surface area contributed by atoms with E-state index in [1.54, 1.807) is 12.1 Å². The number of benzene rings is 1. The van der Waals surface area contributed by atoms with E-state index in [4.69, 9.17) is 0 Å². The summed E-state index contributed by atoms with van der Waals surface area (Å²) in [5, 5.41) is 0. The molecule has 1 N–H and O–H groups in total. The Bertz CT molecular complexity index is 874. The van der Waals surface area contributed by atoms with Gasteiger partial charge in [-0.2, -0.15) is 16.8 Å². The van der Waals surface area contributed by atoms with Crippen molar-refractivity contribution < 1.29 is 33.6 Å². The summed E-state index contributed by atoms with van der Waals surface area (Å²) in [5.74, 6) is 0. The van der Waals surface area contributed by atoms with Gasteiger partial charge in [-0.25, -0.2) is 13.1 Å². The van der Waals surface area contributed by atoms with Crippen LogP contribution in [-0.2, 0) is 45.0 Å². The number of aryl methyl sites for hydroxylation is 1. The Morgan fingerprint density at radius 1 is 0.960 bits per heavy atom. The first-order valence-electron chi connectivity index (χ1n) is 7.13. The third kappa shape index (κ3) is 8.74. The first-order chi connectivity index (χ1) is 11.3. The second-order valence-corrected chi connectivity index (χ2v) is 10.3. The van der Waals surface area contributed by atoms with Crippen LogP contribution in [0.15, 0.2) is 29.2 Å². The van der Waals surface area contributed by atoms with Gasteiger partial charge in [-0.1, -0.05) is 19.1 Å². The average Bonchev–Trinajstić information content (AvgIpc) is 2.48. The van der Waals surface area contributed by atoms with Crippen LogP contribution in [0, 0.1) is 0 Å². The predicted molar refractivity (Wildman–Crippen MR) is 91.5 cm³/mol. The van der Waals surface area contributed by atoms with Gasteiger partial charge in [0.1, 0.15) is 6.10 Å². The van der Waals surface area contributed by atoms with Crippen molar-refractivity contribution in [1.29, 1.82) is 0 Å². The first-order valence-corrected chi connectivity index (χ1v) is 12.3. The second kappa shape index (κ2) is 8.56. The standard InChI is InChI=1S/C13H21NO8S3/c1-4-11-5-7-13(8-6-11)25(19,20)14-9-12(22-24(3,17)18)10-21-23(2,15)16/h5-8,12,14H,4,9-10H2,1-3H3. The number of hydrogen-bond acceptors (Lipinski definition) is 8. The molecule has 0 saturated heterocycles. The summed E-state index contributed by atoms with van der Waals surface area (Å²) in [7, 11) is -11.7. The highest BCUT2D eigenvalue weighted by molar-refractivity contribution is 7.89. The van der Waals surface area contributed by atoms with Crippen LogP contribution in [-0.4, -0.2) is 57.0 Å². The monoisotopic (exact) mass is 415 g/mol. The van der Waals surface area contributed by atoms with Gasteiger partial charge in [0.05, 0.1) is 24.0 Å². The highest BCUT2D eigenvalue weighted by Gasteiger charge is 2.22. The zero-order chi connectivity index (χ0) is 19.3. The van der Waals surface area contributed by atoms with Crippen LogP contribution in [0.25, 0.3) is 0 Å². The highest BCUT2D eigenvalue weighted by Crippen LogP contribution is 2.11. The Hall–Kier alpha value is -1.05. The molecule has 0 radical (unpaired) electrons. The SMILES string of the molecule is CCc1ccc(S(=O)(=O)NCC(COS(C)(=O)=O)OS(C)(=O)=O)cc1. The fraction of sp³-hybridized carbons (Fsp3) is 0.538. The summed E-state index contributed by atoms with van der Waals surface area (Å²) in [4.78, 5) is -0.00756. The fourth-order valence-electron chi connectivity index (χ4n) is 1.76. The number of rotatable bonds is 10. The van der Waals surface area contributed by atoms with Crippen molar-refractivity contribution in [3.05, 3.63) is 29.8 Å². The minimum atomic E-state index is -3.94. The average molecular weight is 416 g/mol. The minimum Gasteiger partial charge on any atom is -0.267 e. The summed E-state index contributed by atoms with van der Waals surface area (Å²) in [6.07, 6.45) is 0.956. The van der Waals surface area contributed by atoms with Crippen LogP contribution < -0.4 is 4.72 Å². The first kappa shape index (κ1) is 22.0. The smallest absolute Gasteiger partial charge is 0.264 e. The van der Waals surface area contributed by atoms with E-state index >= 15 is 0 Å². The summed E-state index contributed by atoms with van der Waals surface area (Å²) in [6, 6.07) is 6.15. The van der Waals surface area contributed by atoms with Gasteiger partial charge in [0.15, 0.2) is 0 Å². The van der Waals surface area contributed by atoms with Crippen molar-refractivity contribution in [3.8, 4) is 0 Å². The van der Waals surface area contributed by atoms with E-state index in [1.165, 1.54) is 12.1 Å². The molecule has 0 aromatic heterocycles. The van der Waals surface area contributed by atoms with Crippen LogP contribution in [0.4, 0.5) is 0 Å². The van der Waals surface area contributed by atoms with Crippen molar-refractivity contribution in [1.82, 2.24) is 4.72 Å². The Morgan fingerprint density at radius 3 is 1.96 bits per heavy atom. The molecule has 0 bridgehead atoms. The molecule has 0 heterocycles. The molecule has 1 aromatic carbocycles. The minimum absolute atomic E-state index is 0.00756. The Kier molecular flexibility index (Phi) is 7.53. The van der Waals surface area contributed by atoms with Crippen molar-refractivity contribution in [2.45, 2.75) is 24.3 Å². The van der Waals surface area contributed by atoms with Crippen LogP contribution in [0.3, 0.4) is 0 Å². The van der Waals surface area contributed by atoms with E-state index in [-0.39, 0.29) is 4.90 Å². The molecular formula is C13H21NO8S3. The molecule has 1 rings (SSSR count). The molecule has 0 saturated carbocycles. The van der Waals surface area contributed by atoms with Crippen LogP contribution in [0.1, 0.15) is 12.5 Å². The highest BCUT2D eigenvalue weighted by atomic mass is 32.2. The zero-order valence-electron chi connectivity index (χ0n) is 14.0. The van der Waals surface area contributed by atoms with E-state index in [1.807, 2.05) is 6.92 Å². The normalized spacial score (nSPS) is 14.4. The summed E-state index contributed by atoms with van der Waals surface area (Å²) in [5.41, 5.74) is 0.957. The summed E-state index contributed by atoms with van der Waals surface area (Å²) < 4.78 is 80.3. The van der Waals surface area contributed by atoms with Gasteiger partial charge < -0.3 is 0 Å². The molecule has 25 heavy (non-hydrogen) atoms. The molecule has 0 spiro atoms. The third-order valence-corrected chi connectivity index (χ3v) is 5.55. The van der Waals surface area contributed by atoms with Gasteiger partial charge in [-0.3, -0.25) is 8.37 Å². The molecule has 0 aliphatic heterocycles. The fourth-order valence-corrected chi connectivity index (χ4v) is 3.84. The van der Waals surface area contributed by atoms with Gasteiger partial charge >= 0.3 is 0 Å². The molecule has 1 atom stereocenters. The summed E-state index contributed by atoms with van der Waals surface area (Å²) in [6.45, 7) is 0.792. The van der Waals surface area contributed by atoms with E-state index < -0.39 is 49.5 Å². The molecule has 12 heteroatoms. The molecule has 144 valence electrons. The van der Waals surface area contributed by atoms with Crippen LogP contribution >= 0.6 is 0 Å². The molecule has 0 amide bonds. The zero-order valence-corrected chi connectivity index (χ0v) is 16.4. The molecule has 1 unspecified atom stereocenters. The van der Waals surface area contributed by atoms with Crippen molar-refractivity contribution in [3.63, 3.8) is 0 Å². The lowest BCUT2D eigenvalue weighted by Crippen LogP contribution is -2.38. The molecule has 0 aliphatic rings. The van der Waals surface area contributed by atoms with Gasteiger partial charge in [0.2, 0.25) is 10.0 Å². The molecule has 1 aromatic rings. The topological polar surface area (TPSA) is 133 Å². The van der Waals surface area contributed by atoms with Crippen molar-refractivity contribution >= 4 is 30.3 Å². The van der Waals surface area contributed by atoms with Crippen LogP contribution in [0.2, 0.25) is 0 Å². The third-order valence-electron chi connectivity index (χ3n) is 2.92. The Balaban J connectivity index is 2.84. The van der Waals surface area contributed by atoms with E-state index in [9.17, 15) is 25.3 Å². The van der Waals surface area contributed by atoms with Crippen molar-refractivity contribution in [2.75, 3.05) is 25.7 Å². The lowest BCUT2D eigenvalue weighted by Gasteiger charge is -2.16. The number of hydrogen-bond donors (Lipinski definition) is 1. The number of nitrogens with one attached hydrogen (secondary N) is 1. The second-order valence-electron chi connectivity index (χ2n) is 5.26. The quantitative estimate of drug-likeness (QED) is 0.522. The van der Waals surface area contributed by atoms with Crippen LogP contribution in [0.5, 0.6) is 0 Å². The lowest BCUT2D eigenvalue weighted by atomic mass is 10.2. The van der Waals surface area contributed by atoms with Gasteiger partial charge in [0.25, 0.3) is 20.2 Å². The van der Waals surface area contributed by atoms with Crippen molar-refractivity contribution in [2.24, 2.45) is 0 Å². The van der Waals surface area contributed by atoms with Gasteiger partial charge in [-0.05, 0) is 24.1 Å². The lowest BCUT2D eigenvalue weighted by molar-refractivity contribution is 0.142. The molecule has 0 aliphatic carbocycles. The van der Waals surface area contributed by atoms with E-state index in [0.717, 1.165) is 24.5 Å². The summed E-state index contributed by atoms with van der Waals surface area (Å²) >= 11 is 0. The maximum atomic E-state index is 12.2.